The van der Waals surface area contributed by atoms with Gasteiger partial charge in [-0.05, 0) is 50.4 Å². The van der Waals surface area contributed by atoms with Crippen molar-refractivity contribution in [2.75, 3.05) is 0 Å². The zero-order valence-electron chi connectivity index (χ0n) is 9.39. The van der Waals surface area contributed by atoms with Crippen molar-refractivity contribution in [2.45, 2.75) is 50.2 Å². The maximum atomic E-state index is 12.0. The lowest BCUT2D eigenvalue weighted by Crippen LogP contribution is -2.41. The molecule has 5 unspecified atom stereocenters. The van der Waals surface area contributed by atoms with Gasteiger partial charge in [-0.15, -0.1) is 0 Å². The number of rotatable bonds is 0. The van der Waals surface area contributed by atoms with Gasteiger partial charge in [-0.1, -0.05) is 0 Å². The molecule has 4 rings (SSSR count). The van der Waals surface area contributed by atoms with Gasteiger partial charge in [0.1, 0.15) is 5.60 Å². The van der Waals surface area contributed by atoms with Crippen LogP contribution in [0.3, 0.4) is 0 Å². The first-order chi connectivity index (χ1) is 7.71. The molecule has 0 aromatic carbocycles. The number of esters is 1. The maximum Gasteiger partial charge on any atom is 0.310 e. The van der Waals surface area contributed by atoms with E-state index in [1.807, 2.05) is 0 Å². The number of hydrogen-bond acceptors (Lipinski definition) is 3. The van der Waals surface area contributed by atoms with Gasteiger partial charge in [0, 0.05) is 5.92 Å². The van der Waals surface area contributed by atoms with Crippen LogP contribution in [0.1, 0.15) is 38.5 Å². The second-order valence-electron chi connectivity index (χ2n) is 6.21. The minimum Gasteiger partial charge on any atom is -0.459 e. The predicted octanol–water partition coefficient (Wildman–Crippen LogP) is 1.49. The van der Waals surface area contributed by atoms with Crippen LogP contribution in [0.25, 0.3) is 0 Å². The van der Waals surface area contributed by atoms with E-state index in [0.29, 0.717) is 17.8 Å². The molecule has 16 heavy (non-hydrogen) atoms. The Hall–Kier alpha value is -0.570. The average molecular weight is 222 g/mol. The quantitative estimate of drug-likeness (QED) is 0.632. The molecule has 0 radical (unpaired) electrons. The molecule has 1 spiro atoms. The number of carbonyl (C=O) groups is 1. The molecule has 0 amide bonds. The van der Waals surface area contributed by atoms with Crippen LogP contribution in [0.4, 0.5) is 0 Å². The van der Waals surface area contributed by atoms with Crippen molar-refractivity contribution in [3.63, 3.8) is 0 Å². The summed E-state index contributed by atoms with van der Waals surface area (Å²) in [5.41, 5.74) is -0.164. The summed E-state index contributed by atoms with van der Waals surface area (Å²) in [5, 5.41) is 10.0. The topological polar surface area (TPSA) is 46.5 Å². The summed E-state index contributed by atoms with van der Waals surface area (Å²) in [6, 6.07) is 0. The molecule has 1 aliphatic heterocycles. The van der Waals surface area contributed by atoms with E-state index < -0.39 is 0 Å². The molecule has 1 N–H and O–H groups in total. The summed E-state index contributed by atoms with van der Waals surface area (Å²) in [4.78, 5) is 12.0. The molecule has 0 aromatic rings. The van der Waals surface area contributed by atoms with E-state index in [4.69, 9.17) is 4.74 Å². The van der Waals surface area contributed by atoms with E-state index in [-0.39, 0.29) is 23.6 Å². The summed E-state index contributed by atoms with van der Waals surface area (Å²) in [7, 11) is 0. The first-order valence-corrected chi connectivity index (χ1v) is 6.62. The Bertz CT molecular complexity index is 345. The Labute approximate surface area is 95.2 Å². The third-order valence-corrected chi connectivity index (χ3v) is 5.60. The second-order valence-corrected chi connectivity index (χ2v) is 6.21. The van der Waals surface area contributed by atoms with Crippen LogP contribution in [0.15, 0.2) is 0 Å². The summed E-state index contributed by atoms with van der Waals surface area (Å²) >= 11 is 0. The smallest absolute Gasteiger partial charge is 0.310 e. The highest BCUT2D eigenvalue weighted by Gasteiger charge is 2.68. The summed E-state index contributed by atoms with van der Waals surface area (Å²) in [6.45, 7) is 0. The number of ether oxygens (including phenoxy) is 1. The molecule has 2 bridgehead atoms. The monoisotopic (exact) mass is 222 g/mol. The van der Waals surface area contributed by atoms with Gasteiger partial charge in [0.25, 0.3) is 0 Å². The van der Waals surface area contributed by atoms with Crippen LogP contribution >= 0.6 is 0 Å². The fourth-order valence-electron chi connectivity index (χ4n) is 5.13. The zero-order valence-corrected chi connectivity index (χ0v) is 9.39. The number of aliphatic hydroxyl groups excluding tert-OH is 1. The van der Waals surface area contributed by atoms with Gasteiger partial charge in [0.05, 0.1) is 12.0 Å². The molecule has 0 aromatic heterocycles. The molecule has 1 saturated heterocycles. The fraction of sp³-hybridized carbons (Fsp3) is 0.923. The van der Waals surface area contributed by atoms with Crippen molar-refractivity contribution in [3.8, 4) is 0 Å². The van der Waals surface area contributed by atoms with Crippen molar-refractivity contribution in [3.05, 3.63) is 0 Å². The van der Waals surface area contributed by atoms with E-state index >= 15 is 0 Å². The van der Waals surface area contributed by atoms with Crippen molar-refractivity contribution in [2.24, 2.45) is 23.7 Å². The lowest BCUT2D eigenvalue weighted by atomic mass is 9.70. The molecule has 3 nitrogen and oxygen atoms in total. The molecule has 88 valence electrons. The van der Waals surface area contributed by atoms with Gasteiger partial charge in [-0.3, -0.25) is 4.79 Å². The highest BCUT2D eigenvalue weighted by molar-refractivity contribution is 5.77. The van der Waals surface area contributed by atoms with Crippen molar-refractivity contribution >= 4 is 5.97 Å². The summed E-state index contributed by atoms with van der Waals surface area (Å²) in [5.74, 6) is 1.28. The minimum atomic E-state index is -0.168. The third-order valence-electron chi connectivity index (χ3n) is 5.60. The van der Waals surface area contributed by atoms with Gasteiger partial charge in [-0.2, -0.15) is 0 Å². The van der Waals surface area contributed by atoms with Gasteiger partial charge < -0.3 is 9.84 Å². The molecule has 4 aliphatic rings. The Morgan fingerprint density at radius 3 is 2.75 bits per heavy atom. The predicted molar refractivity (Wildman–Crippen MR) is 56.5 cm³/mol. The van der Waals surface area contributed by atoms with E-state index in [1.54, 1.807) is 0 Å². The van der Waals surface area contributed by atoms with E-state index in [2.05, 4.69) is 0 Å². The normalized spacial score (nSPS) is 52.3. The third kappa shape index (κ3) is 0.922. The number of aliphatic hydroxyl groups is 1. The average Bonchev–Trinajstić information content (AvgIpc) is 2.92. The van der Waals surface area contributed by atoms with Gasteiger partial charge in [0.2, 0.25) is 0 Å². The van der Waals surface area contributed by atoms with Crippen LogP contribution < -0.4 is 0 Å². The Balaban J connectivity index is 1.76. The molecule has 3 saturated carbocycles. The highest BCUT2D eigenvalue weighted by Crippen LogP contribution is 2.63. The SMILES string of the molecule is O=C1OC2(CCCC2)C2C3CC(CC3O)C12. The summed E-state index contributed by atoms with van der Waals surface area (Å²) < 4.78 is 5.76. The maximum absolute atomic E-state index is 12.0. The molecule has 5 atom stereocenters. The van der Waals surface area contributed by atoms with Crippen LogP contribution in [-0.4, -0.2) is 22.8 Å². The van der Waals surface area contributed by atoms with Crippen molar-refractivity contribution in [1.29, 1.82) is 0 Å². The van der Waals surface area contributed by atoms with Gasteiger partial charge >= 0.3 is 5.97 Å². The molecule has 3 heteroatoms. The summed E-state index contributed by atoms with van der Waals surface area (Å²) in [6.07, 6.45) is 6.17. The number of carbonyl (C=O) groups excluding carboxylic acids is 1. The minimum absolute atomic E-state index is 0.0475. The lowest BCUT2D eigenvalue weighted by molar-refractivity contribution is -0.152. The Morgan fingerprint density at radius 2 is 2.00 bits per heavy atom. The molecule has 4 fully saturated rings. The molecular formula is C13H18O3. The molecule has 3 aliphatic carbocycles. The molecule has 1 heterocycles. The van der Waals surface area contributed by atoms with Gasteiger partial charge in [0.15, 0.2) is 0 Å². The van der Waals surface area contributed by atoms with Crippen LogP contribution in [-0.2, 0) is 9.53 Å². The fourth-order valence-corrected chi connectivity index (χ4v) is 5.13. The van der Waals surface area contributed by atoms with E-state index in [9.17, 15) is 9.90 Å². The highest BCUT2D eigenvalue weighted by atomic mass is 16.6. The lowest BCUT2D eigenvalue weighted by Gasteiger charge is -2.35. The standard InChI is InChI=1S/C13H18O3/c14-9-6-7-5-8(9)11-10(7)12(15)16-13(11)3-1-2-4-13/h7-11,14H,1-6H2. The first kappa shape index (κ1) is 9.46. The Morgan fingerprint density at radius 1 is 1.25 bits per heavy atom. The number of fused-ring (bicyclic) bond motifs is 6. The largest absolute Gasteiger partial charge is 0.459 e. The van der Waals surface area contributed by atoms with E-state index in [0.717, 1.165) is 25.7 Å². The van der Waals surface area contributed by atoms with Crippen molar-refractivity contribution in [1.82, 2.24) is 0 Å². The van der Waals surface area contributed by atoms with E-state index in [1.165, 1.54) is 12.8 Å². The van der Waals surface area contributed by atoms with Crippen LogP contribution in [0.2, 0.25) is 0 Å². The van der Waals surface area contributed by atoms with Crippen molar-refractivity contribution < 1.29 is 14.6 Å². The second kappa shape index (κ2) is 2.81. The number of hydrogen-bond donors (Lipinski definition) is 1. The first-order valence-electron chi connectivity index (χ1n) is 6.62. The zero-order chi connectivity index (χ0) is 10.9. The van der Waals surface area contributed by atoms with Gasteiger partial charge in [-0.25, -0.2) is 0 Å². The Kier molecular flexibility index (Phi) is 1.66. The molecular weight excluding hydrogens is 204 g/mol. The van der Waals surface area contributed by atoms with Crippen LogP contribution in [0.5, 0.6) is 0 Å². The van der Waals surface area contributed by atoms with Crippen LogP contribution in [0, 0.1) is 23.7 Å².